The van der Waals surface area contributed by atoms with Gasteiger partial charge < -0.3 is 10.1 Å². The third-order valence-corrected chi connectivity index (χ3v) is 5.27. The summed E-state index contributed by atoms with van der Waals surface area (Å²) in [5.74, 6) is 1.69. The molecule has 1 N–H and O–H groups in total. The highest BCUT2D eigenvalue weighted by Gasteiger charge is 2.19. The van der Waals surface area contributed by atoms with Gasteiger partial charge >= 0.3 is 0 Å². The lowest BCUT2D eigenvalue weighted by atomic mass is 10.1. The molecule has 0 bridgehead atoms. The third-order valence-electron chi connectivity index (χ3n) is 5.27. The Hall–Kier alpha value is -3.33. The average molecular weight is 428 g/mol. The lowest BCUT2D eigenvalue weighted by molar-refractivity contribution is -0.119. The third kappa shape index (κ3) is 9.22. The summed E-state index contributed by atoms with van der Waals surface area (Å²) in [6, 6.07) is 28.1. The first-order valence-electron chi connectivity index (χ1n) is 11.3. The van der Waals surface area contributed by atoms with Crippen molar-refractivity contribution in [2.45, 2.75) is 46.1 Å². The van der Waals surface area contributed by atoms with E-state index < -0.39 is 0 Å². The molecule has 0 spiro atoms. The fourth-order valence-corrected chi connectivity index (χ4v) is 3.18. The van der Waals surface area contributed by atoms with E-state index in [2.05, 4.69) is 30.4 Å². The van der Waals surface area contributed by atoms with E-state index in [1.807, 2.05) is 79.7 Å². The summed E-state index contributed by atoms with van der Waals surface area (Å²) in [6.45, 7) is 4.59. The van der Waals surface area contributed by atoms with Crippen LogP contribution < -0.4 is 10.1 Å². The number of ether oxygens (including phenoxy) is 1. The van der Waals surface area contributed by atoms with Crippen LogP contribution in [0, 0.1) is 12.8 Å². The number of amides is 1. The number of carbonyl (C=O) groups excluding carboxylic acids is 1. The van der Waals surface area contributed by atoms with Crippen molar-refractivity contribution in [1.82, 2.24) is 5.32 Å². The number of carbonyl (C=O) groups is 1. The molecule has 0 aliphatic heterocycles. The van der Waals surface area contributed by atoms with E-state index in [0.29, 0.717) is 13.0 Å². The maximum absolute atomic E-state index is 12.1. The molecule has 1 aliphatic rings. The highest BCUT2D eigenvalue weighted by molar-refractivity contribution is 5.80. The normalized spacial score (nSPS) is 13.0. The summed E-state index contributed by atoms with van der Waals surface area (Å²) in [5.41, 5.74) is 4.40. The molecule has 3 nitrogen and oxygen atoms in total. The predicted octanol–water partition coefficient (Wildman–Crippen LogP) is 6.62. The lowest BCUT2D eigenvalue weighted by Gasteiger charge is -2.08. The minimum Gasteiger partial charge on any atom is -0.489 e. The van der Waals surface area contributed by atoms with Crippen molar-refractivity contribution in [3.63, 3.8) is 0 Å². The summed E-state index contributed by atoms with van der Waals surface area (Å²) in [6.07, 6.45) is 6.26. The van der Waals surface area contributed by atoms with Crippen molar-refractivity contribution in [1.29, 1.82) is 0 Å². The molecule has 3 aromatic carbocycles. The van der Waals surface area contributed by atoms with Crippen molar-refractivity contribution < 1.29 is 9.53 Å². The number of hydrogen-bond acceptors (Lipinski definition) is 2. The molecule has 0 aromatic heterocycles. The van der Waals surface area contributed by atoms with Crippen LogP contribution in [0.25, 0.3) is 0 Å². The standard InChI is InChI=1S/C22H25NO2.C7H8/c1-17(7-8-18-9-10-18)23-22(24)15-19-11-13-21(14-12-19)25-16-20-5-3-2-4-6-20;1-7-5-3-2-4-6-7/h2-7,11-14,18H,8-10,15-16H2,1H3,(H,23,24);2-6H,1H3/b17-7+;. The van der Waals surface area contributed by atoms with Crippen LogP contribution in [0.1, 0.15) is 42.9 Å². The van der Waals surface area contributed by atoms with E-state index in [1.54, 1.807) is 0 Å². The van der Waals surface area contributed by atoms with Crippen molar-refractivity contribution in [2.75, 3.05) is 0 Å². The molecule has 1 saturated carbocycles. The van der Waals surface area contributed by atoms with Gasteiger partial charge in [0.05, 0.1) is 6.42 Å². The van der Waals surface area contributed by atoms with E-state index in [9.17, 15) is 4.79 Å². The van der Waals surface area contributed by atoms with Gasteiger partial charge in [-0.25, -0.2) is 0 Å². The van der Waals surface area contributed by atoms with E-state index in [-0.39, 0.29) is 5.91 Å². The number of allylic oxidation sites excluding steroid dienone is 2. The minimum atomic E-state index is 0.0301. The van der Waals surface area contributed by atoms with Crippen LogP contribution in [-0.4, -0.2) is 5.91 Å². The molecule has 3 aromatic rings. The second kappa shape index (κ2) is 12.5. The fraction of sp³-hybridized carbons (Fsp3) is 0.276. The zero-order valence-corrected chi connectivity index (χ0v) is 19.1. The molecule has 3 heteroatoms. The Kier molecular flexibility index (Phi) is 9.12. The summed E-state index contributed by atoms with van der Waals surface area (Å²) in [7, 11) is 0. The SMILES string of the molecule is C/C(=C\CC1CC1)NC(=O)Cc1ccc(OCc2ccccc2)cc1.Cc1ccccc1. The quantitative estimate of drug-likeness (QED) is 0.438. The first-order valence-corrected chi connectivity index (χ1v) is 11.3. The largest absolute Gasteiger partial charge is 0.489 e. The van der Waals surface area contributed by atoms with Crippen LogP contribution in [0.3, 0.4) is 0 Å². The van der Waals surface area contributed by atoms with Gasteiger partial charge in [-0.15, -0.1) is 0 Å². The molecule has 0 heterocycles. The molecule has 1 fully saturated rings. The summed E-state index contributed by atoms with van der Waals surface area (Å²) >= 11 is 0. The van der Waals surface area contributed by atoms with E-state index in [1.165, 1.54) is 18.4 Å². The maximum atomic E-state index is 12.1. The molecule has 0 radical (unpaired) electrons. The summed E-state index contributed by atoms with van der Waals surface area (Å²) in [4.78, 5) is 12.1. The smallest absolute Gasteiger partial charge is 0.228 e. The molecule has 0 atom stereocenters. The Labute approximate surface area is 192 Å². The Morgan fingerprint density at radius 3 is 2.09 bits per heavy atom. The molecule has 1 amide bonds. The zero-order chi connectivity index (χ0) is 22.6. The number of hydrogen-bond donors (Lipinski definition) is 1. The second-order valence-corrected chi connectivity index (χ2v) is 8.36. The van der Waals surface area contributed by atoms with Gasteiger partial charge in [-0.2, -0.15) is 0 Å². The van der Waals surface area contributed by atoms with Crippen LogP contribution in [0.5, 0.6) is 5.75 Å². The number of nitrogens with one attached hydrogen (secondary N) is 1. The topological polar surface area (TPSA) is 38.3 Å². The molecular weight excluding hydrogens is 394 g/mol. The molecule has 1 aliphatic carbocycles. The van der Waals surface area contributed by atoms with Gasteiger partial charge in [0.15, 0.2) is 0 Å². The van der Waals surface area contributed by atoms with Gasteiger partial charge in [0, 0.05) is 5.70 Å². The first-order chi connectivity index (χ1) is 15.6. The minimum absolute atomic E-state index is 0.0301. The molecule has 0 saturated heterocycles. The van der Waals surface area contributed by atoms with Crippen LogP contribution in [0.2, 0.25) is 0 Å². The zero-order valence-electron chi connectivity index (χ0n) is 19.1. The summed E-state index contributed by atoms with van der Waals surface area (Å²) in [5, 5.41) is 2.96. The highest BCUT2D eigenvalue weighted by Crippen LogP contribution is 2.32. The predicted molar refractivity (Wildman–Crippen MR) is 131 cm³/mol. The molecule has 32 heavy (non-hydrogen) atoms. The molecular formula is C29H33NO2. The Bertz CT molecular complexity index is 975. The lowest BCUT2D eigenvalue weighted by Crippen LogP contribution is -2.23. The number of rotatable bonds is 8. The number of benzene rings is 3. The summed E-state index contributed by atoms with van der Waals surface area (Å²) < 4.78 is 5.77. The van der Waals surface area contributed by atoms with E-state index in [4.69, 9.17) is 4.74 Å². The van der Waals surface area contributed by atoms with Crippen molar-refractivity contribution in [3.8, 4) is 5.75 Å². The van der Waals surface area contributed by atoms with E-state index in [0.717, 1.165) is 34.9 Å². The van der Waals surface area contributed by atoms with E-state index >= 15 is 0 Å². The highest BCUT2D eigenvalue weighted by atomic mass is 16.5. The Morgan fingerprint density at radius 1 is 0.906 bits per heavy atom. The molecule has 0 unspecified atom stereocenters. The van der Waals surface area contributed by atoms with Gasteiger partial charge in [0.2, 0.25) is 5.91 Å². The van der Waals surface area contributed by atoms with Gasteiger partial charge in [-0.3, -0.25) is 4.79 Å². The van der Waals surface area contributed by atoms with Crippen molar-refractivity contribution >= 4 is 5.91 Å². The first kappa shape index (κ1) is 23.3. The van der Waals surface area contributed by atoms with Gasteiger partial charge in [-0.05, 0) is 62.3 Å². The fourth-order valence-electron chi connectivity index (χ4n) is 3.18. The van der Waals surface area contributed by atoms with Crippen molar-refractivity contribution in [3.05, 3.63) is 113 Å². The average Bonchev–Trinajstić information content (AvgIpc) is 3.64. The van der Waals surface area contributed by atoms with Crippen LogP contribution in [0.15, 0.2) is 96.7 Å². The second-order valence-electron chi connectivity index (χ2n) is 8.36. The molecule has 4 rings (SSSR count). The van der Waals surface area contributed by atoms with Gasteiger partial charge in [0.25, 0.3) is 0 Å². The van der Waals surface area contributed by atoms with Gasteiger partial charge in [0.1, 0.15) is 12.4 Å². The molecule has 166 valence electrons. The Morgan fingerprint density at radius 2 is 1.53 bits per heavy atom. The van der Waals surface area contributed by atoms with Crippen LogP contribution >= 0.6 is 0 Å². The van der Waals surface area contributed by atoms with Gasteiger partial charge in [-0.1, -0.05) is 84.4 Å². The maximum Gasteiger partial charge on any atom is 0.228 e. The van der Waals surface area contributed by atoms with Crippen LogP contribution in [-0.2, 0) is 17.8 Å². The van der Waals surface area contributed by atoms with Crippen LogP contribution in [0.4, 0.5) is 0 Å². The monoisotopic (exact) mass is 427 g/mol. The number of aryl methyl sites for hydroxylation is 1. The van der Waals surface area contributed by atoms with Crippen molar-refractivity contribution in [2.24, 2.45) is 5.92 Å². The Balaban J connectivity index is 0.000000352.